The van der Waals surface area contributed by atoms with Crippen molar-refractivity contribution in [3.05, 3.63) is 46.7 Å². The van der Waals surface area contributed by atoms with E-state index in [1.54, 1.807) is 39.8 Å². The molecule has 0 saturated carbocycles. The molecule has 0 aliphatic rings. The van der Waals surface area contributed by atoms with E-state index in [0.717, 1.165) is 0 Å². The van der Waals surface area contributed by atoms with Crippen LogP contribution >= 0.6 is 0 Å². The highest BCUT2D eigenvalue weighted by molar-refractivity contribution is 6.06. The molecule has 0 aliphatic heterocycles. The number of methoxy groups -OCH3 is 1. The van der Waals surface area contributed by atoms with Crippen molar-refractivity contribution in [3.8, 4) is 0 Å². The quantitative estimate of drug-likeness (QED) is 0.605. The molecule has 0 aliphatic carbocycles. The Bertz CT molecular complexity index is 804. The Balaban J connectivity index is 2.35. The van der Waals surface area contributed by atoms with Crippen LogP contribution in [0.4, 0.5) is 0 Å². The summed E-state index contributed by atoms with van der Waals surface area (Å²) in [7, 11) is 1.28. The van der Waals surface area contributed by atoms with E-state index in [4.69, 9.17) is 9.15 Å². The number of carbonyl (C=O) groups is 3. The molecule has 7 heteroatoms. The topological polar surface area (TPSA) is 92.6 Å². The number of ether oxygens (including phenoxy) is 1. The molecule has 1 amide bonds. The number of amides is 1. The lowest BCUT2D eigenvalue weighted by Crippen LogP contribution is -2.42. The number of nitrogens with zero attached hydrogens (tertiary/aromatic N) is 1. The zero-order chi connectivity index (χ0) is 19.4. The molecule has 0 spiro atoms. The molecule has 1 N–H and O–H groups in total. The number of hydrogen-bond acceptors (Lipinski definition) is 5. The Morgan fingerprint density at radius 2 is 2.00 bits per heavy atom. The van der Waals surface area contributed by atoms with E-state index in [1.807, 2.05) is 0 Å². The summed E-state index contributed by atoms with van der Waals surface area (Å²) in [5.41, 5.74) is 1.75. The monoisotopic (exact) mass is 360 g/mol. The van der Waals surface area contributed by atoms with Crippen molar-refractivity contribution in [2.45, 2.75) is 46.7 Å². The van der Waals surface area contributed by atoms with Gasteiger partial charge in [0.05, 0.1) is 26.0 Å². The molecule has 1 unspecified atom stereocenters. The third kappa shape index (κ3) is 3.71. The number of H-pyrrole nitrogens is 1. The van der Waals surface area contributed by atoms with Crippen LogP contribution in [0.2, 0.25) is 0 Å². The number of ketones is 1. The SMILES string of the molecule is CCC(=O)N(Cc1ccco1)C(C)C(=O)c1c(C)[nH]c(C(=O)OC)c1C. The summed E-state index contributed by atoms with van der Waals surface area (Å²) in [6.07, 6.45) is 1.80. The number of aryl methyl sites for hydroxylation is 1. The number of aromatic amines is 1. The maximum Gasteiger partial charge on any atom is 0.354 e. The Labute approximate surface area is 152 Å². The second-order valence-corrected chi connectivity index (χ2v) is 6.11. The number of hydrogen-bond donors (Lipinski definition) is 1. The van der Waals surface area contributed by atoms with Crippen LogP contribution in [-0.2, 0) is 16.1 Å². The lowest BCUT2D eigenvalue weighted by atomic mass is 9.99. The van der Waals surface area contributed by atoms with Gasteiger partial charge in [-0.15, -0.1) is 0 Å². The lowest BCUT2D eigenvalue weighted by molar-refractivity contribution is -0.133. The van der Waals surface area contributed by atoms with E-state index in [0.29, 0.717) is 22.6 Å². The minimum atomic E-state index is -0.703. The maximum atomic E-state index is 13.1. The van der Waals surface area contributed by atoms with Gasteiger partial charge in [-0.05, 0) is 38.5 Å². The molecule has 7 nitrogen and oxygen atoms in total. The fourth-order valence-corrected chi connectivity index (χ4v) is 2.99. The van der Waals surface area contributed by atoms with Gasteiger partial charge in [0.15, 0.2) is 5.78 Å². The van der Waals surface area contributed by atoms with Crippen molar-refractivity contribution in [1.29, 1.82) is 0 Å². The number of esters is 1. The molecule has 0 bridgehead atoms. The second-order valence-electron chi connectivity index (χ2n) is 6.11. The van der Waals surface area contributed by atoms with Crippen molar-refractivity contribution in [3.63, 3.8) is 0 Å². The molecule has 1 atom stereocenters. The van der Waals surface area contributed by atoms with Gasteiger partial charge in [0, 0.05) is 17.7 Å². The van der Waals surface area contributed by atoms with Gasteiger partial charge in [-0.1, -0.05) is 6.92 Å². The third-order valence-electron chi connectivity index (χ3n) is 4.45. The molecule has 0 saturated heterocycles. The highest BCUT2D eigenvalue weighted by Crippen LogP contribution is 2.23. The van der Waals surface area contributed by atoms with E-state index >= 15 is 0 Å². The van der Waals surface area contributed by atoms with Crippen LogP contribution in [0.5, 0.6) is 0 Å². The van der Waals surface area contributed by atoms with Crippen LogP contribution in [0.3, 0.4) is 0 Å². The Morgan fingerprint density at radius 1 is 1.31 bits per heavy atom. The molecular formula is C19H24N2O5. The first-order valence-electron chi connectivity index (χ1n) is 8.45. The average molecular weight is 360 g/mol. The van der Waals surface area contributed by atoms with Crippen molar-refractivity contribution in [2.24, 2.45) is 0 Å². The lowest BCUT2D eigenvalue weighted by Gasteiger charge is -2.27. The smallest absolute Gasteiger partial charge is 0.354 e. The second kappa shape index (κ2) is 8.03. The summed E-state index contributed by atoms with van der Waals surface area (Å²) in [5.74, 6) is -0.320. The molecule has 140 valence electrons. The van der Waals surface area contributed by atoms with E-state index in [-0.39, 0.29) is 30.3 Å². The zero-order valence-corrected chi connectivity index (χ0v) is 15.7. The molecular weight excluding hydrogens is 336 g/mol. The third-order valence-corrected chi connectivity index (χ3v) is 4.45. The molecule has 0 radical (unpaired) electrons. The van der Waals surface area contributed by atoms with Crippen LogP contribution in [-0.4, -0.2) is 40.7 Å². The molecule has 2 aromatic rings. The van der Waals surface area contributed by atoms with Crippen molar-refractivity contribution < 1.29 is 23.5 Å². The highest BCUT2D eigenvalue weighted by Gasteiger charge is 2.31. The van der Waals surface area contributed by atoms with Crippen molar-refractivity contribution in [1.82, 2.24) is 9.88 Å². The normalized spacial score (nSPS) is 11.9. The van der Waals surface area contributed by atoms with Gasteiger partial charge in [0.25, 0.3) is 0 Å². The van der Waals surface area contributed by atoms with Gasteiger partial charge in [-0.25, -0.2) is 4.79 Å². The molecule has 0 fully saturated rings. The minimum absolute atomic E-state index is 0.152. The fourth-order valence-electron chi connectivity index (χ4n) is 2.99. The number of nitrogens with one attached hydrogen (secondary N) is 1. The van der Waals surface area contributed by atoms with Crippen LogP contribution in [0, 0.1) is 13.8 Å². The summed E-state index contributed by atoms with van der Waals surface area (Å²) in [5, 5.41) is 0. The van der Waals surface area contributed by atoms with Gasteiger partial charge in [0.2, 0.25) is 5.91 Å². The minimum Gasteiger partial charge on any atom is -0.467 e. The van der Waals surface area contributed by atoms with Gasteiger partial charge in [-0.2, -0.15) is 0 Å². The van der Waals surface area contributed by atoms with Crippen LogP contribution in [0.1, 0.15) is 58.1 Å². The number of carbonyl (C=O) groups excluding carboxylic acids is 3. The summed E-state index contributed by atoms with van der Waals surface area (Å²) in [6, 6.07) is 2.79. The molecule has 2 rings (SSSR count). The predicted molar refractivity (Wildman–Crippen MR) is 94.9 cm³/mol. The largest absolute Gasteiger partial charge is 0.467 e. The first-order chi connectivity index (χ1) is 12.3. The molecule has 26 heavy (non-hydrogen) atoms. The number of aromatic nitrogens is 1. The van der Waals surface area contributed by atoms with Gasteiger partial charge >= 0.3 is 5.97 Å². The van der Waals surface area contributed by atoms with Crippen LogP contribution in [0.25, 0.3) is 0 Å². The van der Waals surface area contributed by atoms with Gasteiger partial charge in [-0.3, -0.25) is 9.59 Å². The van der Waals surface area contributed by atoms with Gasteiger partial charge < -0.3 is 19.0 Å². The average Bonchev–Trinajstić information content (AvgIpc) is 3.24. The van der Waals surface area contributed by atoms with E-state index in [1.165, 1.54) is 18.3 Å². The number of rotatable bonds is 7. The number of Topliss-reactive ketones (excluding diaryl/α,β-unsaturated/α-hetero) is 1. The summed E-state index contributed by atoms with van der Waals surface area (Å²) in [4.78, 5) is 41.8. The predicted octanol–water partition coefficient (Wildman–Crippen LogP) is 3.02. The fraction of sp³-hybridized carbons (Fsp3) is 0.421. The maximum absolute atomic E-state index is 13.1. The van der Waals surface area contributed by atoms with E-state index in [9.17, 15) is 14.4 Å². The van der Waals surface area contributed by atoms with Crippen LogP contribution < -0.4 is 0 Å². The molecule has 2 heterocycles. The Kier molecular flexibility index (Phi) is 6.02. The standard InChI is InChI=1S/C19H24N2O5/c1-6-15(22)21(10-14-8-7-9-26-14)13(4)18(23)16-11(2)17(19(24)25-5)20-12(16)3/h7-9,13,20H,6,10H2,1-5H3. The zero-order valence-electron chi connectivity index (χ0n) is 15.7. The summed E-state index contributed by atoms with van der Waals surface area (Å²) >= 11 is 0. The first kappa shape index (κ1) is 19.5. The molecule has 0 aromatic carbocycles. The first-order valence-corrected chi connectivity index (χ1v) is 8.45. The van der Waals surface area contributed by atoms with Crippen molar-refractivity contribution in [2.75, 3.05) is 7.11 Å². The summed E-state index contributed by atoms with van der Waals surface area (Å²) < 4.78 is 10.1. The summed E-state index contributed by atoms with van der Waals surface area (Å²) in [6.45, 7) is 7.05. The Morgan fingerprint density at radius 3 is 2.54 bits per heavy atom. The molecule has 2 aromatic heterocycles. The van der Waals surface area contributed by atoms with Crippen LogP contribution in [0.15, 0.2) is 22.8 Å². The van der Waals surface area contributed by atoms with Crippen molar-refractivity contribution >= 4 is 17.7 Å². The van der Waals surface area contributed by atoms with E-state index < -0.39 is 12.0 Å². The number of furan rings is 1. The van der Waals surface area contributed by atoms with Gasteiger partial charge in [0.1, 0.15) is 11.5 Å². The van der Waals surface area contributed by atoms with E-state index in [2.05, 4.69) is 4.98 Å². The Hall–Kier alpha value is -2.83. The highest BCUT2D eigenvalue weighted by atomic mass is 16.5.